The maximum Gasteiger partial charge on any atom is 0.411 e. The van der Waals surface area contributed by atoms with Crippen LogP contribution in [0.5, 0.6) is 0 Å². The van der Waals surface area contributed by atoms with E-state index < -0.39 is 32.9 Å². The molecular weight excluding hydrogens is 714 g/mol. The van der Waals surface area contributed by atoms with Crippen LogP contribution in [0.25, 0.3) is 16.8 Å². The number of hydroxylamine groups is 1. The molecule has 1 amide bonds. The summed E-state index contributed by atoms with van der Waals surface area (Å²) in [5, 5.41) is 24.6. The van der Waals surface area contributed by atoms with Crippen LogP contribution in [-0.2, 0) is 11.2 Å². The molecule has 0 saturated carbocycles. The molecule has 1 aromatic heterocycles. The van der Waals surface area contributed by atoms with Gasteiger partial charge in [-0.25, -0.2) is 14.2 Å². The zero-order chi connectivity index (χ0) is 31.9. The quantitative estimate of drug-likeness (QED) is 0.0303. The first-order chi connectivity index (χ1) is 21.8. The lowest BCUT2D eigenvalue weighted by atomic mass is 9.94. The van der Waals surface area contributed by atoms with Crippen molar-refractivity contribution in [2.45, 2.75) is 12.3 Å². The number of amides is 1. The SMILES string of the molecule is COC(=O)Nc1ccc(-c2cnc([C@H](Cc3ccccc3)C3=IN([O-])C=C(c4c(N(C=N)NN)ccc(Cl)c4F)C=C3)[nH]2)cc1. The van der Waals surface area contributed by atoms with Gasteiger partial charge in [0.1, 0.15) is 12.2 Å². The number of allylic oxidation sites excluding steroid dienone is 3. The van der Waals surface area contributed by atoms with Crippen LogP contribution in [0, 0.1) is 16.4 Å². The first kappa shape index (κ1) is 32.0. The van der Waals surface area contributed by atoms with E-state index in [1.165, 1.54) is 25.4 Å². The molecule has 4 aromatic rings. The van der Waals surface area contributed by atoms with Crippen LogP contribution in [0.1, 0.15) is 22.9 Å². The minimum atomic E-state index is -1.27. The van der Waals surface area contributed by atoms with Crippen LogP contribution < -0.4 is 21.7 Å². The van der Waals surface area contributed by atoms with E-state index in [0.717, 1.165) is 35.0 Å². The molecule has 232 valence electrons. The number of hydrogen-bond acceptors (Lipinski definition) is 8. The van der Waals surface area contributed by atoms with E-state index in [2.05, 4.69) is 20.6 Å². The maximum absolute atomic E-state index is 15.5. The summed E-state index contributed by atoms with van der Waals surface area (Å²) in [6.45, 7) is 0. The van der Waals surface area contributed by atoms with E-state index in [0.29, 0.717) is 17.9 Å². The number of hydrazine groups is 2. The number of nitrogens with zero attached hydrogens (tertiary/aromatic N) is 3. The summed E-state index contributed by atoms with van der Waals surface area (Å²) in [6.07, 6.45) is 7.48. The smallest absolute Gasteiger partial charge is 0.411 e. The lowest BCUT2D eigenvalue weighted by Crippen LogP contribution is -2.42. The molecule has 0 aliphatic carbocycles. The minimum Gasteiger partial charge on any atom is -0.750 e. The van der Waals surface area contributed by atoms with E-state index in [-0.39, 0.29) is 27.8 Å². The summed E-state index contributed by atoms with van der Waals surface area (Å²) >= 11 is 4.86. The molecule has 1 aliphatic rings. The zero-order valence-electron chi connectivity index (χ0n) is 23.8. The Morgan fingerprint density at radius 2 is 1.98 bits per heavy atom. The van der Waals surface area contributed by atoms with Gasteiger partial charge >= 0.3 is 6.09 Å². The number of methoxy groups -OCH3 is 1. The van der Waals surface area contributed by atoms with Gasteiger partial charge in [0.15, 0.2) is 5.82 Å². The number of aromatic amines is 1. The van der Waals surface area contributed by atoms with Crippen LogP contribution in [0.4, 0.5) is 20.6 Å². The number of anilines is 2. The Balaban J connectivity index is 1.50. The Morgan fingerprint density at radius 3 is 2.67 bits per heavy atom. The summed E-state index contributed by atoms with van der Waals surface area (Å²) in [4.78, 5) is 19.7. The number of ether oxygens (including phenoxy) is 1. The molecular formula is C31H28ClFIN8O3-. The second-order valence-corrected chi connectivity index (χ2v) is 12.7. The zero-order valence-corrected chi connectivity index (χ0v) is 26.7. The normalized spacial score (nSPS) is 13.6. The second kappa shape index (κ2) is 14.6. The predicted octanol–water partition coefficient (Wildman–Crippen LogP) is 6.63. The molecule has 1 atom stereocenters. The fraction of sp³-hybridized carbons (Fsp3) is 0.0968. The molecule has 0 unspecified atom stereocenters. The van der Waals surface area contributed by atoms with Crippen molar-refractivity contribution in [3.05, 3.63) is 124 Å². The second-order valence-electron chi connectivity index (χ2n) is 9.66. The van der Waals surface area contributed by atoms with Crippen LogP contribution in [0.3, 0.4) is 0 Å². The van der Waals surface area contributed by atoms with Crippen molar-refractivity contribution >= 4 is 65.5 Å². The van der Waals surface area contributed by atoms with Gasteiger partial charge in [0, 0.05) is 26.5 Å². The number of benzene rings is 3. The first-order valence-electron chi connectivity index (χ1n) is 13.5. The van der Waals surface area contributed by atoms with Crippen LogP contribution >= 0.6 is 32.6 Å². The highest BCUT2D eigenvalue weighted by Gasteiger charge is 2.24. The molecule has 0 spiro atoms. The number of nitrogens with two attached hydrogens (primary N) is 1. The number of halogens is 3. The number of carbonyl (C=O) groups is 1. The summed E-state index contributed by atoms with van der Waals surface area (Å²) in [6, 6.07) is 20.0. The number of hydrogen-bond donors (Lipinski definition) is 5. The van der Waals surface area contributed by atoms with Gasteiger partial charge in [0.2, 0.25) is 0 Å². The Kier molecular flexibility index (Phi) is 10.4. The number of imidazole rings is 1. The van der Waals surface area contributed by atoms with Crippen LogP contribution in [-0.4, -0.2) is 36.3 Å². The Hall–Kier alpha value is -4.41. The molecule has 0 saturated heterocycles. The van der Waals surface area contributed by atoms with Gasteiger partial charge in [-0.15, -0.1) is 0 Å². The highest BCUT2D eigenvalue weighted by atomic mass is 127. The van der Waals surface area contributed by atoms with Crippen molar-refractivity contribution in [3.63, 3.8) is 0 Å². The van der Waals surface area contributed by atoms with Crippen LogP contribution in [0.2, 0.25) is 5.02 Å². The maximum atomic E-state index is 15.5. The molecule has 0 bridgehead atoms. The summed E-state index contributed by atoms with van der Waals surface area (Å²) in [7, 11) is 1.30. The fourth-order valence-electron chi connectivity index (χ4n) is 4.72. The fourth-order valence-corrected chi connectivity index (χ4v) is 7.06. The summed E-state index contributed by atoms with van der Waals surface area (Å²) in [5.41, 5.74) is 6.08. The largest absolute Gasteiger partial charge is 0.750 e. The molecule has 11 nitrogen and oxygen atoms in total. The lowest BCUT2D eigenvalue weighted by molar-refractivity contribution is 0.187. The standard InChI is InChI=1S/C31H28ClFIN8O3/c1-45-31(43)38-22-10-7-20(8-11-22)26-16-37-30(39-26)23(15-19-5-3-2-4-6-19)25-13-9-21(17-42(44)34-25)28-27(41(18-35)40-36)14-12-24(32)29(28)33/h2-14,16-18,23,35,40H,15,36H2,1H3,(H,37,39)(H,38,43)/q-1/t23-/m1/s1. The van der Waals surface area contributed by atoms with Crippen LogP contribution in [0.15, 0.2) is 91.3 Å². The monoisotopic (exact) mass is 741 g/mol. The van der Waals surface area contributed by atoms with Gasteiger partial charge in [-0.1, -0.05) is 66.2 Å². The molecule has 3 aromatic carbocycles. The van der Waals surface area contributed by atoms with Gasteiger partial charge in [-0.3, -0.25) is 21.6 Å². The van der Waals surface area contributed by atoms with Gasteiger partial charge in [-0.2, -0.15) is 5.53 Å². The van der Waals surface area contributed by atoms with Gasteiger partial charge in [0.05, 0.1) is 35.6 Å². The van der Waals surface area contributed by atoms with Crippen molar-refractivity contribution in [3.8, 4) is 11.3 Å². The number of H-pyrrole nitrogens is 1. The van der Waals surface area contributed by atoms with Crippen molar-refractivity contribution < 1.29 is 13.9 Å². The highest BCUT2D eigenvalue weighted by molar-refractivity contribution is 14.2. The van der Waals surface area contributed by atoms with E-state index >= 15 is 4.39 Å². The van der Waals surface area contributed by atoms with Crippen molar-refractivity contribution in [2.75, 3.05) is 17.4 Å². The number of carbonyl (C=O) groups excluding carboxylic acids is 1. The van der Waals surface area contributed by atoms with Gasteiger partial charge < -0.3 is 18.2 Å². The number of aromatic nitrogens is 2. The summed E-state index contributed by atoms with van der Waals surface area (Å²) < 4.78 is 21.8. The Labute approximate surface area is 273 Å². The van der Waals surface area contributed by atoms with E-state index in [4.69, 9.17) is 27.8 Å². The molecule has 14 heteroatoms. The van der Waals surface area contributed by atoms with Crippen molar-refractivity contribution in [1.29, 1.82) is 5.41 Å². The van der Waals surface area contributed by atoms with E-state index in [1.54, 1.807) is 24.4 Å². The summed E-state index contributed by atoms with van der Waals surface area (Å²) in [5.74, 6) is 5.20. The third kappa shape index (κ3) is 7.46. The average molecular weight is 742 g/mol. The topological polar surface area (TPSA) is 158 Å². The lowest BCUT2D eigenvalue weighted by Gasteiger charge is -2.25. The molecule has 0 fully saturated rings. The average Bonchev–Trinajstić information content (AvgIpc) is 3.46. The first-order valence-corrected chi connectivity index (χ1v) is 15.9. The Morgan fingerprint density at radius 1 is 1.22 bits per heavy atom. The molecule has 6 N–H and O–H groups in total. The van der Waals surface area contributed by atoms with Crippen molar-refractivity contribution in [2.24, 2.45) is 5.84 Å². The third-order valence-electron chi connectivity index (χ3n) is 6.90. The van der Waals surface area contributed by atoms with E-state index in [9.17, 15) is 10.0 Å². The number of nitrogens with one attached hydrogen (secondary N) is 4. The third-order valence-corrected chi connectivity index (χ3v) is 9.62. The molecule has 1 aliphatic heterocycles. The van der Waals surface area contributed by atoms with Crippen molar-refractivity contribution in [1.82, 2.24) is 18.8 Å². The Bertz CT molecular complexity index is 1780. The highest BCUT2D eigenvalue weighted by Crippen LogP contribution is 2.37. The minimum absolute atomic E-state index is 0.0244. The molecule has 0 radical (unpaired) electrons. The molecule has 45 heavy (non-hydrogen) atoms. The molecule has 2 heterocycles. The van der Waals surface area contributed by atoms with Gasteiger partial charge in [-0.05, 0) is 62.8 Å². The molecule has 5 rings (SSSR count). The number of rotatable bonds is 10. The van der Waals surface area contributed by atoms with E-state index in [1.807, 2.05) is 48.5 Å². The van der Waals surface area contributed by atoms with Gasteiger partial charge in [0.25, 0.3) is 0 Å². The predicted molar refractivity (Wildman–Crippen MR) is 184 cm³/mol.